The first-order valence-corrected chi connectivity index (χ1v) is 7.87. The normalized spacial score (nSPS) is 13.0. The molecule has 0 amide bonds. The maximum absolute atomic E-state index is 12.0. The highest BCUT2D eigenvalue weighted by atomic mass is 16.5. The smallest absolute Gasteiger partial charge is 0.357 e. The average Bonchev–Trinajstić information content (AvgIpc) is 3.05. The molecule has 1 aromatic carbocycles. The van der Waals surface area contributed by atoms with Gasteiger partial charge in [-0.05, 0) is 54.7 Å². The second-order valence-electron chi connectivity index (χ2n) is 5.85. The van der Waals surface area contributed by atoms with Gasteiger partial charge in [0.25, 0.3) is 0 Å². The Morgan fingerprint density at radius 2 is 2.00 bits per heavy atom. The van der Waals surface area contributed by atoms with Gasteiger partial charge in [-0.25, -0.2) is 14.6 Å². The lowest BCUT2D eigenvalue weighted by Crippen LogP contribution is -2.09. The highest BCUT2D eigenvalue weighted by Crippen LogP contribution is 2.28. The molecule has 0 radical (unpaired) electrons. The van der Waals surface area contributed by atoms with Crippen LogP contribution in [0.1, 0.15) is 33.6 Å². The summed E-state index contributed by atoms with van der Waals surface area (Å²) in [7, 11) is 0. The number of fused-ring (bicyclic) bond motifs is 2. The Labute approximate surface area is 137 Å². The van der Waals surface area contributed by atoms with Gasteiger partial charge in [-0.15, -0.1) is 0 Å². The van der Waals surface area contributed by atoms with E-state index in [1.54, 1.807) is 18.2 Å². The summed E-state index contributed by atoms with van der Waals surface area (Å²) >= 11 is 0. The molecule has 5 heteroatoms. The zero-order valence-electron chi connectivity index (χ0n) is 13.0. The summed E-state index contributed by atoms with van der Waals surface area (Å²) in [4.78, 5) is 27.8. The predicted molar refractivity (Wildman–Crippen MR) is 87.9 cm³/mol. The Balaban J connectivity index is 1.66. The van der Waals surface area contributed by atoms with Gasteiger partial charge in [0.2, 0.25) is 0 Å². The molecule has 24 heavy (non-hydrogen) atoms. The van der Waals surface area contributed by atoms with Gasteiger partial charge in [0.15, 0.2) is 0 Å². The van der Waals surface area contributed by atoms with Crippen molar-refractivity contribution in [3.8, 4) is 0 Å². The van der Waals surface area contributed by atoms with Gasteiger partial charge in [0.05, 0.1) is 0 Å². The molecule has 1 aliphatic carbocycles. The third-order valence-corrected chi connectivity index (χ3v) is 4.28. The SMILES string of the molecule is O=C(OCc1cc(=O)oc2cc3c(cc12)CCC3)c1ccccn1. The van der Waals surface area contributed by atoms with Gasteiger partial charge < -0.3 is 9.15 Å². The Bertz CT molecular complexity index is 976. The summed E-state index contributed by atoms with van der Waals surface area (Å²) in [5.74, 6) is -0.516. The molecule has 0 unspecified atom stereocenters. The van der Waals surface area contributed by atoms with Crippen molar-refractivity contribution in [2.45, 2.75) is 25.9 Å². The average molecular weight is 321 g/mol. The van der Waals surface area contributed by atoms with E-state index < -0.39 is 11.6 Å². The third-order valence-electron chi connectivity index (χ3n) is 4.28. The number of esters is 1. The van der Waals surface area contributed by atoms with E-state index in [0.717, 1.165) is 24.6 Å². The molecule has 0 spiro atoms. The van der Waals surface area contributed by atoms with Gasteiger partial charge in [0.1, 0.15) is 17.9 Å². The van der Waals surface area contributed by atoms with E-state index in [1.165, 1.54) is 23.4 Å². The first-order valence-electron chi connectivity index (χ1n) is 7.87. The maximum Gasteiger partial charge on any atom is 0.357 e. The minimum atomic E-state index is -0.516. The Morgan fingerprint density at radius 1 is 1.17 bits per heavy atom. The van der Waals surface area contributed by atoms with E-state index >= 15 is 0 Å². The van der Waals surface area contributed by atoms with E-state index in [2.05, 4.69) is 4.98 Å². The van der Waals surface area contributed by atoms with E-state index in [9.17, 15) is 9.59 Å². The Hall–Kier alpha value is -2.95. The van der Waals surface area contributed by atoms with Crippen LogP contribution in [-0.4, -0.2) is 11.0 Å². The number of hydrogen-bond acceptors (Lipinski definition) is 5. The lowest BCUT2D eigenvalue weighted by Gasteiger charge is -2.09. The second-order valence-corrected chi connectivity index (χ2v) is 5.85. The molecule has 2 aromatic heterocycles. The van der Waals surface area contributed by atoms with Crippen LogP contribution in [0.25, 0.3) is 11.0 Å². The second kappa shape index (κ2) is 5.92. The fraction of sp³-hybridized carbons (Fsp3) is 0.211. The summed E-state index contributed by atoms with van der Waals surface area (Å²) in [5, 5.41) is 0.823. The van der Waals surface area contributed by atoms with Crippen LogP contribution in [0.3, 0.4) is 0 Å². The van der Waals surface area contributed by atoms with Crippen molar-refractivity contribution in [3.05, 3.63) is 75.4 Å². The van der Waals surface area contributed by atoms with Crippen molar-refractivity contribution in [3.63, 3.8) is 0 Å². The van der Waals surface area contributed by atoms with Crippen LogP contribution in [-0.2, 0) is 24.2 Å². The van der Waals surface area contributed by atoms with Crippen molar-refractivity contribution in [1.82, 2.24) is 4.98 Å². The third kappa shape index (κ3) is 2.69. The molecule has 4 rings (SSSR count). The van der Waals surface area contributed by atoms with Crippen molar-refractivity contribution in [2.24, 2.45) is 0 Å². The number of nitrogens with zero attached hydrogens (tertiary/aromatic N) is 1. The number of rotatable bonds is 3. The van der Waals surface area contributed by atoms with Crippen LogP contribution in [0.5, 0.6) is 0 Å². The summed E-state index contributed by atoms with van der Waals surface area (Å²) < 4.78 is 10.6. The van der Waals surface area contributed by atoms with Gasteiger partial charge in [0, 0.05) is 23.2 Å². The van der Waals surface area contributed by atoms with Crippen molar-refractivity contribution >= 4 is 16.9 Å². The number of aromatic nitrogens is 1. The minimum absolute atomic E-state index is 0.0102. The summed E-state index contributed by atoms with van der Waals surface area (Å²) in [6, 6.07) is 10.4. The Morgan fingerprint density at radius 3 is 2.79 bits per heavy atom. The molecule has 5 nitrogen and oxygen atoms in total. The zero-order valence-corrected chi connectivity index (χ0v) is 13.0. The largest absolute Gasteiger partial charge is 0.456 e. The van der Waals surface area contributed by atoms with Gasteiger partial charge in [-0.2, -0.15) is 0 Å². The van der Waals surface area contributed by atoms with E-state index in [1.807, 2.05) is 12.1 Å². The summed E-state index contributed by atoms with van der Waals surface area (Å²) in [6.07, 6.45) is 4.68. The molecule has 2 heterocycles. The van der Waals surface area contributed by atoms with Crippen molar-refractivity contribution < 1.29 is 13.9 Å². The molecule has 0 saturated carbocycles. The molecular weight excluding hydrogens is 306 g/mol. The zero-order chi connectivity index (χ0) is 16.5. The molecule has 1 aliphatic rings. The molecule has 120 valence electrons. The van der Waals surface area contributed by atoms with Crippen molar-refractivity contribution in [2.75, 3.05) is 0 Å². The van der Waals surface area contributed by atoms with Gasteiger partial charge >= 0.3 is 11.6 Å². The molecule has 0 saturated heterocycles. The number of carbonyl (C=O) groups is 1. The first kappa shape index (κ1) is 14.6. The first-order chi connectivity index (χ1) is 11.7. The van der Waals surface area contributed by atoms with Crippen LogP contribution in [0.15, 0.2) is 51.8 Å². The predicted octanol–water partition coefficient (Wildman–Crippen LogP) is 3.03. The monoisotopic (exact) mass is 321 g/mol. The maximum atomic E-state index is 12.0. The summed E-state index contributed by atoms with van der Waals surface area (Å²) in [5.41, 5.74) is 3.50. The highest BCUT2D eigenvalue weighted by Gasteiger charge is 2.16. The standard InChI is InChI=1S/C19H15NO4/c21-18-10-14(11-23-19(22)16-6-1-2-7-20-16)15-8-12-4-3-5-13(12)9-17(15)24-18/h1-2,6-10H,3-5,11H2. The van der Waals surface area contributed by atoms with Crippen LogP contribution < -0.4 is 5.63 Å². The number of hydrogen-bond donors (Lipinski definition) is 0. The molecule has 0 aliphatic heterocycles. The van der Waals surface area contributed by atoms with E-state index in [-0.39, 0.29) is 12.3 Å². The van der Waals surface area contributed by atoms with Crippen molar-refractivity contribution in [1.29, 1.82) is 0 Å². The fourth-order valence-corrected chi connectivity index (χ4v) is 3.11. The van der Waals surface area contributed by atoms with E-state index in [4.69, 9.17) is 9.15 Å². The fourth-order valence-electron chi connectivity index (χ4n) is 3.11. The van der Waals surface area contributed by atoms with Crippen LogP contribution >= 0.6 is 0 Å². The molecular formula is C19H15NO4. The lowest BCUT2D eigenvalue weighted by atomic mass is 10.0. The van der Waals surface area contributed by atoms with Gasteiger partial charge in [-0.1, -0.05) is 6.07 Å². The Kier molecular flexibility index (Phi) is 3.61. The quantitative estimate of drug-likeness (QED) is 0.548. The number of ether oxygens (including phenoxy) is 1. The number of pyridine rings is 1. The lowest BCUT2D eigenvalue weighted by molar-refractivity contribution is 0.0467. The van der Waals surface area contributed by atoms with Crippen LogP contribution in [0, 0.1) is 0 Å². The highest BCUT2D eigenvalue weighted by molar-refractivity contribution is 5.87. The van der Waals surface area contributed by atoms with Crippen LogP contribution in [0.4, 0.5) is 0 Å². The van der Waals surface area contributed by atoms with E-state index in [0.29, 0.717) is 11.1 Å². The topological polar surface area (TPSA) is 69.4 Å². The molecule has 0 N–H and O–H groups in total. The number of carbonyl (C=O) groups excluding carboxylic acids is 1. The number of benzene rings is 1. The summed E-state index contributed by atoms with van der Waals surface area (Å²) in [6.45, 7) is 0.0102. The number of aryl methyl sites for hydroxylation is 2. The minimum Gasteiger partial charge on any atom is -0.456 e. The molecule has 0 bridgehead atoms. The van der Waals surface area contributed by atoms with Crippen LogP contribution in [0.2, 0.25) is 0 Å². The molecule has 0 atom stereocenters. The molecule has 3 aromatic rings. The van der Waals surface area contributed by atoms with Gasteiger partial charge in [-0.3, -0.25) is 0 Å². The molecule has 0 fully saturated rings.